The molecule has 9 nitrogen and oxygen atoms in total. The van der Waals surface area contributed by atoms with Gasteiger partial charge in [-0.25, -0.2) is 0 Å². The van der Waals surface area contributed by atoms with Crippen LogP contribution in [0.4, 0.5) is 10.5 Å². The third-order valence-electron chi connectivity index (χ3n) is 4.63. The van der Waals surface area contributed by atoms with Gasteiger partial charge in [0.2, 0.25) is 0 Å². The number of carbonyl (C=O) groups excluding carboxylic acids is 3. The topological polar surface area (TPSA) is 119 Å². The van der Waals surface area contributed by atoms with Gasteiger partial charge in [-0.1, -0.05) is 11.6 Å². The number of rotatable bonds is 8. The number of carbonyl (C=O) groups is 3. The van der Waals surface area contributed by atoms with Gasteiger partial charge in [-0.05, 0) is 73.6 Å². The van der Waals surface area contributed by atoms with E-state index in [2.05, 4.69) is 5.32 Å². The van der Waals surface area contributed by atoms with Crippen molar-refractivity contribution in [1.29, 1.82) is 0 Å². The van der Waals surface area contributed by atoms with Crippen molar-refractivity contribution in [3.05, 3.63) is 74.1 Å². The van der Waals surface area contributed by atoms with Crippen LogP contribution in [0, 0.1) is 10.1 Å². The highest BCUT2D eigenvalue weighted by Crippen LogP contribution is 2.32. The summed E-state index contributed by atoms with van der Waals surface area (Å²) < 4.78 is 5.72. The predicted molar refractivity (Wildman–Crippen MR) is 125 cm³/mol. The highest BCUT2D eigenvalue weighted by molar-refractivity contribution is 8.18. The number of imide groups is 1. The number of halogens is 1. The van der Waals surface area contributed by atoms with Crippen molar-refractivity contribution in [2.45, 2.75) is 19.4 Å². The number of benzene rings is 2. The van der Waals surface area contributed by atoms with Gasteiger partial charge >= 0.3 is 0 Å². The van der Waals surface area contributed by atoms with Gasteiger partial charge in [0.15, 0.2) is 5.60 Å². The predicted octanol–water partition coefficient (Wildman–Crippen LogP) is 4.26. The van der Waals surface area contributed by atoms with E-state index in [1.807, 2.05) is 0 Å². The van der Waals surface area contributed by atoms with Gasteiger partial charge in [0, 0.05) is 30.2 Å². The molecule has 33 heavy (non-hydrogen) atoms. The van der Waals surface area contributed by atoms with Crippen LogP contribution in [0.5, 0.6) is 5.75 Å². The van der Waals surface area contributed by atoms with Crippen molar-refractivity contribution in [2.75, 3.05) is 13.1 Å². The zero-order valence-electron chi connectivity index (χ0n) is 17.7. The van der Waals surface area contributed by atoms with E-state index in [9.17, 15) is 24.5 Å². The van der Waals surface area contributed by atoms with E-state index in [0.717, 1.165) is 16.7 Å². The Morgan fingerprint density at radius 3 is 2.42 bits per heavy atom. The highest BCUT2D eigenvalue weighted by Gasteiger charge is 2.35. The van der Waals surface area contributed by atoms with Crippen LogP contribution in [-0.4, -0.2) is 45.6 Å². The zero-order chi connectivity index (χ0) is 24.2. The summed E-state index contributed by atoms with van der Waals surface area (Å²) in [7, 11) is 0. The molecule has 3 amide bonds. The number of nitro groups is 1. The Labute approximate surface area is 198 Å². The van der Waals surface area contributed by atoms with Crippen LogP contribution in [0.1, 0.15) is 19.4 Å². The Morgan fingerprint density at radius 1 is 1.18 bits per heavy atom. The maximum absolute atomic E-state index is 12.6. The van der Waals surface area contributed by atoms with E-state index in [1.165, 1.54) is 30.3 Å². The molecule has 0 atom stereocenters. The molecule has 3 rings (SSSR count). The van der Waals surface area contributed by atoms with Gasteiger partial charge in [0.1, 0.15) is 5.75 Å². The SMILES string of the molecule is CC(C)(Oc1ccc(Cl)cc1)C(=O)NCCN1C(=O)S/C(=C\c2ccc([N+](=O)[O-])cc2)C1=O. The number of hydrogen-bond acceptors (Lipinski definition) is 7. The third kappa shape index (κ3) is 6.11. The summed E-state index contributed by atoms with van der Waals surface area (Å²) in [5, 5.41) is 13.5. The summed E-state index contributed by atoms with van der Waals surface area (Å²) in [6.45, 7) is 3.24. The van der Waals surface area contributed by atoms with Crippen molar-refractivity contribution in [3.63, 3.8) is 0 Å². The van der Waals surface area contributed by atoms with E-state index < -0.39 is 27.6 Å². The first-order chi connectivity index (χ1) is 15.6. The van der Waals surface area contributed by atoms with Crippen LogP contribution < -0.4 is 10.1 Å². The van der Waals surface area contributed by atoms with Gasteiger partial charge < -0.3 is 10.1 Å². The molecule has 2 aromatic carbocycles. The Hall–Kier alpha value is -3.37. The minimum absolute atomic E-state index is 0.00890. The van der Waals surface area contributed by atoms with Crippen molar-refractivity contribution in [1.82, 2.24) is 10.2 Å². The Balaban J connectivity index is 1.56. The van der Waals surface area contributed by atoms with Crippen molar-refractivity contribution in [3.8, 4) is 5.75 Å². The molecule has 172 valence electrons. The summed E-state index contributed by atoms with van der Waals surface area (Å²) in [4.78, 5) is 48.9. The molecular formula is C22H20ClN3O6S. The lowest BCUT2D eigenvalue weighted by molar-refractivity contribution is -0.384. The average Bonchev–Trinajstić information content (AvgIpc) is 3.02. The summed E-state index contributed by atoms with van der Waals surface area (Å²) in [6, 6.07) is 12.2. The minimum Gasteiger partial charge on any atom is -0.478 e. The van der Waals surface area contributed by atoms with Crippen LogP contribution in [0.3, 0.4) is 0 Å². The van der Waals surface area contributed by atoms with E-state index in [0.29, 0.717) is 16.3 Å². The number of thioether (sulfide) groups is 1. The molecule has 0 radical (unpaired) electrons. The van der Waals surface area contributed by atoms with E-state index in [1.54, 1.807) is 38.1 Å². The molecule has 0 saturated carbocycles. The fourth-order valence-corrected chi connectivity index (χ4v) is 3.87. The van der Waals surface area contributed by atoms with Gasteiger partial charge in [-0.3, -0.25) is 29.4 Å². The molecule has 11 heteroatoms. The van der Waals surface area contributed by atoms with E-state index in [4.69, 9.17) is 16.3 Å². The molecule has 0 aliphatic carbocycles. The van der Waals surface area contributed by atoms with Gasteiger partial charge in [0.05, 0.1) is 9.83 Å². The second-order valence-electron chi connectivity index (χ2n) is 7.50. The molecule has 0 bridgehead atoms. The van der Waals surface area contributed by atoms with Gasteiger partial charge in [-0.2, -0.15) is 0 Å². The van der Waals surface area contributed by atoms with Crippen LogP contribution in [-0.2, 0) is 9.59 Å². The number of ether oxygens (including phenoxy) is 1. The molecule has 1 saturated heterocycles. The van der Waals surface area contributed by atoms with E-state index >= 15 is 0 Å². The standard InChI is InChI=1S/C22H20ClN3O6S/c1-22(2,32-17-9-5-15(23)6-10-17)20(28)24-11-12-25-19(27)18(33-21(25)29)13-14-3-7-16(8-4-14)26(30)31/h3-10,13H,11-12H2,1-2H3,(H,24,28)/b18-13-. The fraction of sp³-hybridized carbons (Fsp3) is 0.227. The lowest BCUT2D eigenvalue weighted by atomic mass is 10.1. The monoisotopic (exact) mass is 489 g/mol. The summed E-state index contributed by atoms with van der Waals surface area (Å²) in [6.07, 6.45) is 1.50. The second kappa shape index (κ2) is 10.1. The molecular weight excluding hydrogens is 470 g/mol. The Kier molecular flexibility index (Phi) is 7.39. The largest absolute Gasteiger partial charge is 0.478 e. The number of nitro benzene ring substituents is 1. The van der Waals surface area contributed by atoms with E-state index in [-0.39, 0.29) is 23.7 Å². The second-order valence-corrected chi connectivity index (χ2v) is 8.93. The average molecular weight is 490 g/mol. The first-order valence-electron chi connectivity index (χ1n) is 9.79. The quantitative estimate of drug-likeness (QED) is 0.334. The fourth-order valence-electron chi connectivity index (χ4n) is 2.87. The molecule has 0 spiro atoms. The molecule has 0 unspecified atom stereocenters. The highest BCUT2D eigenvalue weighted by atomic mass is 35.5. The maximum Gasteiger partial charge on any atom is 0.293 e. The third-order valence-corrected chi connectivity index (χ3v) is 5.79. The Bertz CT molecular complexity index is 1120. The molecule has 2 aromatic rings. The molecule has 1 N–H and O–H groups in total. The normalized spacial score (nSPS) is 15.1. The van der Waals surface area contributed by atoms with Crippen LogP contribution in [0.25, 0.3) is 6.08 Å². The molecule has 1 fully saturated rings. The summed E-state index contributed by atoms with van der Waals surface area (Å²) in [5.41, 5.74) is -0.706. The maximum atomic E-state index is 12.6. The van der Waals surface area contributed by atoms with Crippen LogP contribution in [0.15, 0.2) is 53.4 Å². The zero-order valence-corrected chi connectivity index (χ0v) is 19.3. The van der Waals surface area contributed by atoms with Gasteiger partial charge in [0.25, 0.3) is 22.7 Å². The van der Waals surface area contributed by atoms with Crippen LogP contribution >= 0.6 is 23.4 Å². The van der Waals surface area contributed by atoms with Crippen molar-refractivity contribution in [2.24, 2.45) is 0 Å². The molecule has 0 aromatic heterocycles. The number of nitrogens with one attached hydrogen (secondary N) is 1. The molecule has 1 heterocycles. The molecule has 1 aliphatic rings. The summed E-state index contributed by atoms with van der Waals surface area (Å²) >= 11 is 6.62. The molecule has 1 aliphatic heterocycles. The summed E-state index contributed by atoms with van der Waals surface area (Å²) in [5.74, 6) is -0.429. The number of nitrogens with zero attached hydrogens (tertiary/aromatic N) is 2. The number of non-ortho nitro benzene ring substituents is 1. The lowest BCUT2D eigenvalue weighted by Gasteiger charge is -2.25. The first kappa shape index (κ1) is 24.3. The Morgan fingerprint density at radius 2 is 1.82 bits per heavy atom. The van der Waals surface area contributed by atoms with Gasteiger partial charge in [-0.15, -0.1) is 0 Å². The first-order valence-corrected chi connectivity index (χ1v) is 11.0. The minimum atomic E-state index is -1.19. The smallest absolute Gasteiger partial charge is 0.293 e. The lowest BCUT2D eigenvalue weighted by Crippen LogP contribution is -2.48. The number of hydrogen-bond donors (Lipinski definition) is 1. The van der Waals surface area contributed by atoms with Crippen molar-refractivity contribution < 1.29 is 24.0 Å². The number of amides is 3. The van der Waals surface area contributed by atoms with Crippen LogP contribution in [0.2, 0.25) is 5.02 Å². The van der Waals surface area contributed by atoms with Crippen molar-refractivity contribution >= 4 is 52.2 Å².